The summed E-state index contributed by atoms with van der Waals surface area (Å²) in [5.41, 5.74) is 1.58. The van der Waals surface area contributed by atoms with Gasteiger partial charge in [0.2, 0.25) is 0 Å². The second-order valence-corrected chi connectivity index (χ2v) is 6.81. The highest BCUT2D eigenvalue weighted by Gasteiger charge is 2.80. The standard InChI is InChI=1S/C15H22O2/c1-9(13(16)17)5-4-6-14(2)10-7-11-12(8-10)15(11,14)3/h5,10-12H,4,6-8H2,1-3H3,(H,16,17)/b9-5-/t10?,11-,12+,14-,15?/m1/s1. The van der Waals surface area contributed by atoms with Crippen molar-refractivity contribution in [3.05, 3.63) is 11.6 Å². The largest absolute Gasteiger partial charge is 0.478 e. The Morgan fingerprint density at radius 2 is 1.94 bits per heavy atom. The van der Waals surface area contributed by atoms with Crippen molar-refractivity contribution in [1.82, 2.24) is 0 Å². The maximum atomic E-state index is 10.7. The van der Waals surface area contributed by atoms with E-state index >= 15 is 0 Å². The zero-order chi connectivity index (χ0) is 12.4. The Kier molecular flexibility index (Phi) is 2.10. The normalized spacial score (nSPS) is 50.8. The van der Waals surface area contributed by atoms with Crippen LogP contribution in [-0.4, -0.2) is 11.1 Å². The van der Waals surface area contributed by atoms with Gasteiger partial charge < -0.3 is 5.11 Å². The molecule has 0 aromatic rings. The van der Waals surface area contributed by atoms with Crippen LogP contribution in [0.15, 0.2) is 11.6 Å². The zero-order valence-corrected chi connectivity index (χ0v) is 11.0. The number of carbonyl (C=O) groups is 1. The van der Waals surface area contributed by atoms with Crippen molar-refractivity contribution in [3.63, 3.8) is 0 Å². The van der Waals surface area contributed by atoms with Crippen molar-refractivity contribution in [3.8, 4) is 0 Å². The molecule has 0 aromatic carbocycles. The lowest BCUT2D eigenvalue weighted by Gasteiger charge is -2.34. The molecule has 2 unspecified atom stereocenters. The van der Waals surface area contributed by atoms with E-state index in [1.54, 1.807) is 6.92 Å². The maximum Gasteiger partial charge on any atom is 0.330 e. The summed E-state index contributed by atoms with van der Waals surface area (Å²) < 4.78 is 0. The van der Waals surface area contributed by atoms with Gasteiger partial charge in [-0.1, -0.05) is 19.9 Å². The molecule has 0 saturated heterocycles. The van der Waals surface area contributed by atoms with E-state index in [0.29, 0.717) is 16.4 Å². The number of carboxylic acid groups (broad SMARTS) is 1. The molecule has 0 amide bonds. The van der Waals surface area contributed by atoms with Crippen LogP contribution in [0.1, 0.15) is 46.5 Å². The van der Waals surface area contributed by atoms with Gasteiger partial charge in [-0.25, -0.2) is 4.79 Å². The number of hydrogen-bond acceptors (Lipinski definition) is 1. The Bertz CT molecular complexity index is 397. The molecule has 94 valence electrons. The Morgan fingerprint density at radius 3 is 2.35 bits per heavy atom. The van der Waals surface area contributed by atoms with Gasteiger partial charge >= 0.3 is 5.97 Å². The maximum absolute atomic E-state index is 10.7. The predicted octanol–water partition coefficient (Wildman–Crippen LogP) is 3.48. The Balaban J connectivity index is 1.67. The van der Waals surface area contributed by atoms with Crippen LogP contribution in [0.5, 0.6) is 0 Å². The van der Waals surface area contributed by atoms with E-state index in [1.165, 1.54) is 19.3 Å². The fraction of sp³-hybridized carbons (Fsp3) is 0.800. The summed E-state index contributed by atoms with van der Waals surface area (Å²) in [5, 5.41) is 8.84. The third-order valence-corrected chi connectivity index (χ3v) is 6.58. The number of hydrogen-bond donors (Lipinski definition) is 1. The molecule has 0 aromatic heterocycles. The fourth-order valence-corrected chi connectivity index (χ4v) is 5.18. The Morgan fingerprint density at radius 1 is 1.35 bits per heavy atom. The van der Waals surface area contributed by atoms with Crippen LogP contribution in [0.3, 0.4) is 0 Å². The van der Waals surface area contributed by atoms with Crippen molar-refractivity contribution in [2.45, 2.75) is 46.5 Å². The van der Waals surface area contributed by atoms with Crippen molar-refractivity contribution in [1.29, 1.82) is 0 Å². The van der Waals surface area contributed by atoms with Crippen LogP contribution in [0.4, 0.5) is 0 Å². The molecule has 0 heterocycles. The average molecular weight is 234 g/mol. The summed E-state index contributed by atoms with van der Waals surface area (Å²) in [6.07, 6.45) is 6.90. The number of rotatable bonds is 4. The topological polar surface area (TPSA) is 37.3 Å². The van der Waals surface area contributed by atoms with E-state index in [2.05, 4.69) is 13.8 Å². The van der Waals surface area contributed by atoms with Gasteiger partial charge in [-0.15, -0.1) is 0 Å². The summed E-state index contributed by atoms with van der Waals surface area (Å²) in [4.78, 5) is 10.7. The molecule has 4 saturated carbocycles. The molecule has 2 nitrogen and oxygen atoms in total. The first kappa shape index (κ1) is 11.3. The number of allylic oxidation sites excluding steroid dienone is 1. The molecule has 4 rings (SSSR count). The highest BCUT2D eigenvalue weighted by molar-refractivity contribution is 5.85. The average Bonchev–Trinajstić information content (AvgIpc) is 2.64. The van der Waals surface area contributed by atoms with Crippen LogP contribution in [-0.2, 0) is 4.79 Å². The molecule has 0 radical (unpaired) electrons. The first-order chi connectivity index (χ1) is 7.91. The Hall–Kier alpha value is -0.790. The molecule has 1 N–H and O–H groups in total. The minimum atomic E-state index is -0.776. The van der Waals surface area contributed by atoms with Gasteiger partial charge in [-0.3, -0.25) is 0 Å². The molecule has 4 aliphatic carbocycles. The lowest BCUT2D eigenvalue weighted by atomic mass is 9.71. The van der Waals surface area contributed by atoms with Gasteiger partial charge in [-0.2, -0.15) is 0 Å². The lowest BCUT2D eigenvalue weighted by Crippen LogP contribution is -2.26. The molecule has 0 spiro atoms. The van der Waals surface area contributed by atoms with Gasteiger partial charge in [0, 0.05) is 5.57 Å². The number of carboxylic acids is 1. The summed E-state index contributed by atoms with van der Waals surface area (Å²) in [5.74, 6) is 2.14. The van der Waals surface area contributed by atoms with Crippen LogP contribution >= 0.6 is 0 Å². The van der Waals surface area contributed by atoms with Crippen LogP contribution in [0.25, 0.3) is 0 Å². The third kappa shape index (κ3) is 1.19. The third-order valence-electron chi connectivity index (χ3n) is 6.58. The first-order valence-electron chi connectivity index (χ1n) is 6.81. The molecule has 5 atom stereocenters. The van der Waals surface area contributed by atoms with Crippen LogP contribution in [0, 0.1) is 28.6 Å². The van der Waals surface area contributed by atoms with Crippen LogP contribution < -0.4 is 0 Å². The summed E-state index contributed by atoms with van der Waals surface area (Å²) >= 11 is 0. The Labute approximate surface area is 103 Å². The quantitative estimate of drug-likeness (QED) is 0.756. The van der Waals surface area contributed by atoms with Gasteiger partial charge in [0.1, 0.15) is 0 Å². The van der Waals surface area contributed by atoms with Gasteiger partial charge in [0.15, 0.2) is 0 Å². The highest BCUT2D eigenvalue weighted by Crippen LogP contribution is 2.87. The van der Waals surface area contributed by atoms with E-state index in [0.717, 1.165) is 24.2 Å². The van der Waals surface area contributed by atoms with Crippen molar-refractivity contribution in [2.24, 2.45) is 28.6 Å². The monoisotopic (exact) mass is 234 g/mol. The molecular weight excluding hydrogens is 212 g/mol. The molecular formula is C15H22O2. The molecule has 4 fully saturated rings. The minimum absolute atomic E-state index is 0.484. The van der Waals surface area contributed by atoms with Gasteiger partial charge in [0.25, 0.3) is 0 Å². The van der Waals surface area contributed by atoms with Gasteiger partial charge in [-0.05, 0) is 61.2 Å². The van der Waals surface area contributed by atoms with Gasteiger partial charge in [0.05, 0.1) is 0 Å². The lowest BCUT2D eigenvalue weighted by molar-refractivity contribution is -0.132. The van der Waals surface area contributed by atoms with E-state index in [9.17, 15) is 4.79 Å². The smallest absolute Gasteiger partial charge is 0.330 e. The van der Waals surface area contributed by atoms with Crippen molar-refractivity contribution < 1.29 is 9.90 Å². The SMILES string of the molecule is C/C(=C/CC[C@]1(C)C2C[C@@H]3[C@H](C2)C31C)C(=O)O. The zero-order valence-electron chi connectivity index (χ0n) is 11.0. The van der Waals surface area contributed by atoms with Crippen molar-refractivity contribution >= 4 is 5.97 Å². The summed E-state index contributed by atoms with van der Waals surface area (Å²) in [6.45, 7) is 6.62. The molecule has 17 heavy (non-hydrogen) atoms. The van der Waals surface area contributed by atoms with E-state index in [-0.39, 0.29) is 0 Å². The summed E-state index contributed by atoms with van der Waals surface area (Å²) in [7, 11) is 0. The second kappa shape index (κ2) is 3.15. The first-order valence-corrected chi connectivity index (χ1v) is 6.81. The fourth-order valence-electron chi connectivity index (χ4n) is 5.18. The summed E-state index contributed by atoms with van der Waals surface area (Å²) in [6, 6.07) is 0. The second-order valence-electron chi connectivity index (χ2n) is 6.81. The van der Waals surface area contributed by atoms with Crippen molar-refractivity contribution in [2.75, 3.05) is 0 Å². The molecule has 4 aliphatic rings. The minimum Gasteiger partial charge on any atom is -0.478 e. The van der Waals surface area contributed by atoms with E-state index in [1.807, 2.05) is 6.08 Å². The molecule has 4 bridgehead atoms. The molecule has 0 aliphatic heterocycles. The predicted molar refractivity (Wildman–Crippen MR) is 66.5 cm³/mol. The van der Waals surface area contributed by atoms with E-state index in [4.69, 9.17) is 5.11 Å². The van der Waals surface area contributed by atoms with E-state index < -0.39 is 5.97 Å². The molecule has 2 heteroatoms. The van der Waals surface area contributed by atoms with Crippen LogP contribution in [0.2, 0.25) is 0 Å². The number of aliphatic carboxylic acids is 1. The highest BCUT2D eigenvalue weighted by atomic mass is 16.4.